The van der Waals surface area contributed by atoms with E-state index >= 15 is 0 Å². The molecule has 2 fully saturated rings. The van der Waals surface area contributed by atoms with Crippen LogP contribution in [0.5, 0.6) is 5.75 Å². The lowest BCUT2D eigenvalue weighted by molar-refractivity contribution is 0.102. The Morgan fingerprint density at radius 3 is 2.88 bits per heavy atom. The van der Waals surface area contributed by atoms with Crippen molar-refractivity contribution in [2.24, 2.45) is 0 Å². The fourth-order valence-electron chi connectivity index (χ4n) is 4.47. The zero-order chi connectivity index (χ0) is 23.1. The van der Waals surface area contributed by atoms with E-state index in [1.54, 1.807) is 6.07 Å². The molecule has 1 aromatic heterocycles. The van der Waals surface area contributed by atoms with Crippen LogP contribution in [-0.4, -0.2) is 48.2 Å². The Morgan fingerprint density at radius 1 is 1.30 bits per heavy atom. The molecule has 170 valence electrons. The number of hydrogen-bond acceptors (Lipinski definition) is 6. The zero-order valence-corrected chi connectivity index (χ0v) is 19.2. The van der Waals surface area contributed by atoms with Gasteiger partial charge in [-0.3, -0.25) is 4.79 Å². The normalized spacial score (nSPS) is 19.1. The highest BCUT2D eigenvalue weighted by molar-refractivity contribution is 9.10. The molecule has 2 saturated heterocycles. The summed E-state index contributed by atoms with van der Waals surface area (Å²) >= 11 is 3.46. The lowest BCUT2D eigenvalue weighted by Gasteiger charge is -2.32. The largest absolute Gasteiger partial charge is 0.496 e. The number of carbonyl (C=O) groups excluding carboxylic acids is 1. The van der Waals surface area contributed by atoms with Gasteiger partial charge in [-0.15, -0.1) is 0 Å². The molecule has 2 aromatic carbocycles. The van der Waals surface area contributed by atoms with Crippen molar-refractivity contribution < 1.29 is 18.3 Å². The van der Waals surface area contributed by atoms with Gasteiger partial charge in [-0.05, 0) is 52.7 Å². The van der Waals surface area contributed by atoms with Crippen molar-refractivity contribution in [1.82, 2.24) is 15.3 Å². The number of rotatable bonds is 5. The Balaban J connectivity index is 1.48. The summed E-state index contributed by atoms with van der Waals surface area (Å²) in [5.74, 6) is -1.35. The predicted octanol–water partition coefficient (Wildman–Crippen LogP) is 4.00. The SMILES string of the molecule is COc1cccc(F)c1-c1nccc(C(=O)Nc2cc(F)cc(Br)c2N2C[C@H]3C[C@@H]2CN3)n1. The molecule has 3 heterocycles. The van der Waals surface area contributed by atoms with E-state index in [0.29, 0.717) is 16.2 Å². The second-order valence-electron chi connectivity index (χ2n) is 7.97. The highest BCUT2D eigenvalue weighted by Gasteiger charge is 2.39. The topological polar surface area (TPSA) is 79.4 Å². The van der Waals surface area contributed by atoms with Gasteiger partial charge < -0.3 is 20.3 Å². The number of piperazine rings is 1. The van der Waals surface area contributed by atoms with Crippen molar-refractivity contribution in [2.45, 2.75) is 18.5 Å². The van der Waals surface area contributed by atoms with Gasteiger partial charge in [0.05, 0.1) is 24.0 Å². The predicted molar refractivity (Wildman–Crippen MR) is 124 cm³/mol. The van der Waals surface area contributed by atoms with Crippen molar-refractivity contribution in [3.8, 4) is 17.1 Å². The molecule has 2 N–H and O–H groups in total. The molecule has 3 aromatic rings. The van der Waals surface area contributed by atoms with Crippen LogP contribution in [0.3, 0.4) is 0 Å². The Hall–Kier alpha value is -3.11. The smallest absolute Gasteiger partial charge is 0.274 e. The molecule has 0 aliphatic carbocycles. The number of anilines is 2. The highest BCUT2D eigenvalue weighted by atomic mass is 79.9. The summed E-state index contributed by atoms with van der Waals surface area (Å²) in [6.07, 6.45) is 2.37. The van der Waals surface area contributed by atoms with E-state index < -0.39 is 17.5 Å². The van der Waals surface area contributed by atoms with Gasteiger partial charge in [-0.1, -0.05) is 6.07 Å². The van der Waals surface area contributed by atoms with Crippen LogP contribution in [-0.2, 0) is 0 Å². The van der Waals surface area contributed by atoms with Crippen molar-refractivity contribution in [1.29, 1.82) is 0 Å². The summed E-state index contributed by atoms with van der Waals surface area (Å²) in [6.45, 7) is 1.60. The third-order valence-electron chi connectivity index (χ3n) is 5.93. The molecule has 33 heavy (non-hydrogen) atoms. The Morgan fingerprint density at radius 2 is 2.15 bits per heavy atom. The van der Waals surface area contributed by atoms with Crippen LogP contribution in [0.15, 0.2) is 47.1 Å². The quantitative estimate of drug-likeness (QED) is 0.534. The molecular formula is C23H20BrF2N5O2. The Kier molecular flexibility index (Phi) is 5.71. The molecule has 2 aliphatic heterocycles. The van der Waals surface area contributed by atoms with Crippen LogP contribution in [0.2, 0.25) is 0 Å². The standard InChI is InChI=1S/C23H20BrF2N5O2/c1-33-19-4-2-3-16(26)20(19)22-27-6-5-17(29-22)23(32)30-18-8-12(25)7-15(24)21(18)31-11-13-9-14(31)10-28-13/h2-8,13-14,28H,9-11H2,1H3,(H,30,32)/t13-,14-/m1/s1. The molecule has 5 rings (SSSR count). The van der Waals surface area contributed by atoms with Crippen LogP contribution in [0.4, 0.5) is 20.2 Å². The van der Waals surface area contributed by atoms with E-state index in [9.17, 15) is 13.6 Å². The van der Waals surface area contributed by atoms with Crippen molar-refractivity contribution in [2.75, 3.05) is 30.4 Å². The van der Waals surface area contributed by atoms with Gasteiger partial charge in [-0.2, -0.15) is 0 Å². The minimum absolute atomic E-state index is 0.0150. The zero-order valence-electron chi connectivity index (χ0n) is 17.6. The summed E-state index contributed by atoms with van der Waals surface area (Å²) in [5.41, 5.74) is 1.14. The maximum Gasteiger partial charge on any atom is 0.274 e. The van der Waals surface area contributed by atoms with Gasteiger partial charge in [-0.25, -0.2) is 18.7 Å². The lowest BCUT2D eigenvalue weighted by Crippen LogP contribution is -2.44. The van der Waals surface area contributed by atoms with Gasteiger partial charge >= 0.3 is 0 Å². The first-order valence-electron chi connectivity index (χ1n) is 10.4. The minimum atomic E-state index is -0.569. The number of nitrogens with one attached hydrogen (secondary N) is 2. The van der Waals surface area contributed by atoms with Crippen LogP contribution in [0, 0.1) is 11.6 Å². The number of halogens is 3. The molecule has 7 nitrogen and oxygen atoms in total. The number of hydrogen-bond donors (Lipinski definition) is 2. The average molecular weight is 516 g/mol. The van der Waals surface area contributed by atoms with Gasteiger partial charge in [0.15, 0.2) is 5.82 Å². The molecule has 0 spiro atoms. The Bertz CT molecular complexity index is 1240. The second-order valence-corrected chi connectivity index (χ2v) is 8.82. The molecule has 2 aliphatic rings. The lowest BCUT2D eigenvalue weighted by atomic mass is 10.1. The summed E-state index contributed by atoms with van der Waals surface area (Å²) in [5, 5.41) is 6.21. The van der Waals surface area contributed by atoms with E-state index in [1.807, 2.05) is 0 Å². The molecule has 0 radical (unpaired) electrons. The van der Waals surface area contributed by atoms with Gasteiger partial charge in [0.1, 0.15) is 23.1 Å². The van der Waals surface area contributed by atoms with Gasteiger partial charge in [0.2, 0.25) is 0 Å². The van der Waals surface area contributed by atoms with Gasteiger partial charge in [0.25, 0.3) is 5.91 Å². The number of benzene rings is 2. The average Bonchev–Trinajstić information content (AvgIpc) is 3.42. The third kappa shape index (κ3) is 4.04. The maximum atomic E-state index is 14.5. The van der Waals surface area contributed by atoms with Gasteiger partial charge in [0, 0.05) is 35.8 Å². The fourth-order valence-corrected chi connectivity index (χ4v) is 5.13. The third-order valence-corrected chi connectivity index (χ3v) is 6.53. The van der Waals surface area contributed by atoms with Crippen LogP contribution in [0.25, 0.3) is 11.4 Å². The molecule has 0 unspecified atom stereocenters. The van der Waals surface area contributed by atoms with Crippen molar-refractivity contribution in [3.63, 3.8) is 0 Å². The number of nitrogens with zero attached hydrogens (tertiary/aromatic N) is 3. The number of amides is 1. The minimum Gasteiger partial charge on any atom is -0.496 e. The molecule has 2 atom stereocenters. The van der Waals surface area contributed by atoms with Crippen LogP contribution < -0.4 is 20.3 Å². The van der Waals surface area contributed by atoms with E-state index in [2.05, 4.69) is 41.4 Å². The number of methoxy groups -OCH3 is 1. The summed E-state index contributed by atoms with van der Waals surface area (Å²) in [4.78, 5) is 23.6. The number of aromatic nitrogens is 2. The molecule has 2 bridgehead atoms. The van der Waals surface area contributed by atoms with E-state index in [-0.39, 0.29) is 28.9 Å². The molecule has 10 heteroatoms. The van der Waals surface area contributed by atoms with Crippen LogP contribution in [0.1, 0.15) is 16.9 Å². The number of ether oxygens (including phenoxy) is 1. The Labute approximate surface area is 197 Å². The molecule has 0 saturated carbocycles. The summed E-state index contributed by atoms with van der Waals surface area (Å²) in [7, 11) is 1.42. The van der Waals surface area contributed by atoms with E-state index in [1.165, 1.54) is 43.6 Å². The molecule has 1 amide bonds. The van der Waals surface area contributed by atoms with E-state index in [0.717, 1.165) is 25.2 Å². The fraction of sp³-hybridized carbons (Fsp3) is 0.261. The van der Waals surface area contributed by atoms with Crippen LogP contribution >= 0.6 is 15.9 Å². The van der Waals surface area contributed by atoms with Crippen molar-refractivity contribution >= 4 is 33.2 Å². The highest BCUT2D eigenvalue weighted by Crippen LogP contribution is 2.41. The first-order valence-corrected chi connectivity index (χ1v) is 11.2. The van der Waals surface area contributed by atoms with E-state index in [4.69, 9.17) is 4.74 Å². The second kappa shape index (κ2) is 8.68. The first-order chi connectivity index (χ1) is 15.9. The van der Waals surface area contributed by atoms with Crippen molar-refractivity contribution in [3.05, 3.63) is 64.4 Å². The first kappa shape index (κ1) is 21.7. The monoisotopic (exact) mass is 515 g/mol. The number of carbonyl (C=O) groups is 1. The molecular weight excluding hydrogens is 496 g/mol. The number of fused-ring (bicyclic) bond motifs is 2. The maximum absolute atomic E-state index is 14.5. The summed E-state index contributed by atoms with van der Waals surface area (Å²) < 4.78 is 34.5. The summed E-state index contributed by atoms with van der Waals surface area (Å²) in [6, 6.07) is 9.10.